The zero-order valence-corrected chi connectivity index (χ0v) is 14.4. The molecule has 2 aromatic rings. The fourth-order valence-electron chi connectivity index (χ4n) is 2.31. The fraction of sp³-hybridized carbons (Fsp3) is 0.211. The Hall–Kier alpha value is -2.97. The van der Waals surface area contributed by atoms with Crippen LogP contribution in [-0.2, 0) is 18.8 Å². The minimum Gasteiger partial charge on any atom is -0.338 e. The van der Waals surface area contributed by atoms with Gasteiger partial charge in [-0.25, -0.2) is 4.79 Å². The van der Waals surface area contributed by atoms with Crippen LogP contribution in [-0.4, -0.2) is 12.6 Å². The Bertz CT molecular complexity index is 843. The molecule has 2 amide bonds. The zero-order chi connectivity index (χ0) is 20.8. The molecule has 0 radical (unpaired) electrons. The Kier molecular flexibility index (Phi) is 6.71. The van der Waals surface area contributed by atoms with Gasteiger partial charge in [0.1, 0.15) is 0 Å². The summed E-state index contributed by atoms with van der Waals surface area (Å²) in [5.41, 5.74) is -0.910. The lowest BCUT2D eigenvalue weighted by Crippen LogP contribution is -2.33. The number of urea groups is 1. The summed E-state index contributed by atoms with van der Waals surface area (Å²) in [5.74, 6) is 0. The van der Waals surface area contributed by atoms with Crippen LogP contribution in [0.1, 0.15) is 22.3 Å². The Morgan fingerprint density at radius 1 is 0.893 bits per heavy atom. The van der Waals surface area contributed by atoms with Crippen molar-refractivity contribution in [2.45, 2.75) is 18.8 Å². The molecule has 0 heterocycles. The lowest BCUT2D eigenvalue weighted by molar-refractivity contribution is -0.138. The second-order valence-electron chi connectivity index (χ2n) is 5.80. The maximum Gasteiger partial charge on any atom is 0.416 e. The van der Waals surface area contributed by atoms with E-state index in [1.54, 1.807) is 0 Å². The van der Waals surface area contributed by atoms with Crippen molar-refractivity contribution in [3.05, 3.63) is 77.0 Å². The molecule has 150 valence electrons. The SMILES string of the molecule is O=C(N/C=C/c1cccc(C(F)(F)F)c1)NCCc1cccc(C(F)(F)F)c1. The molecule has 0 aromatic heterocycles. The van der Waals surface area contributed by atoms with E-state index < -0.39 is 29.5 Å². The van der Waals surface area contributed by atoms with Crippen LogP contribution in [0.25, 0.3) is 6.08 Å². The molecule has 2 aromatic carbocycles. The van der Waals surface area contributed by atoms with E-state index in [0.717, 1.165) is 24.3 Å². The summed E-state index contributed by atoms with van der Waals surface area (Å²) < 4.78 is 75.8. The number of hydrogen-bond acceptors (Lipinski definition) is 1. The number of alkyl halides is 6. The number of benzene rings is 2. The topological polar surface area (TPSA) is 41.1 Å². The van der Waals surface area contributed by atoms with Crippen molar-refractivity contribution in [3.8, 4) is 0 Å². The largest absolute Gasteiger partial charge is 0.416 e. The molecule has 28 heavy (non-hydrogen) atoms. The number of nitrogens with one attached hydrogen (secondary N) is 2. The minimum atomic E-state index is -4.46. The second kappa shape index (κ2) is 8.81. The first-order valence-corrected chi connectivity index (χ1v) is 8.10. The Balaban J connectivity index is 1.81. The predicted molar refractivity (Wildman–Crippen MR) is 92.2 cm³/mol. The van der Waals surface area contributed by atoms with Crippen LogP contribution >= 0.6 is 0 Å². The lowest BCUT2D eigenvalue weighted by atomic mass is 10.1. The Labute approximate surface area is 157 Å². The molecule has 0 unspecified atom stereocenters. The molecule has 0 atom stereocenters. The van der Waals surface area contributed by atoms with Crippen molar-refractivity contribution in [1.29, 1.82) is 0 Å². The number of rotatable bonds is 5. The molecular formula is C19H16F6N2O. The van der Waals surface area contributed by atoms with Gasteiger partial charge in [0, 0.05) is 12.7 Å². The van der Waals surface area contributed by atoms with Crippen LogP contribution in [0.4, 0.5) is 31.1 Å². The van der Waals surface area contributed by atoms with Crippen molar-refractivity contribution < 1.29 is 31.1 Å². The van der Waals surface area contributed by atoms with Gasteiger partial charge in [0.25, 0.3) is 0 Å². The van der Waals surface area contributed by atoms with Gasteiger partial charge in [-0.2, -0.15) is 26.3 Å². The molecule has 0 bridgehead atoms. The standard InChI is InChI=1S/C19H16F6N2O/c20-18(21,22)15-5-1-3-13(11-15)7-9-26-17(28)27-10-8-14-4-2-6-16(12-14)19(23,24)25/h1-7,9,11-12H,8,10H2,(H2,26,27,28)/b9-7+. The maximum absolute atomic E-state index is 12.6. The number of carbonyl (C=O) groups is 1. The number of amides is 2. The first-order valence-electron chi connectivity index (χ1n) is 8.10. The lowest BCUT2D eigenvalue weighted by Gasteiger charge is -2.09. The number of hydrogen-bond donors (Lipinski definition) is 2. The average Bonchev–Trinajstić information content (AvgIpc) is 2.61. The third-order valence-corrected chi connectivity index (χ3v) is 3.66. The van der Waals surface area contributed by atoms with Gasteiger partial charge < -0.3 is 10.6 Å². The summed E-state index contributed by atoms with van der Waals surface area (Å²) in [5, 5.41) is 4.77. The average molecular weight is 402 g/mol. The van der Waals surface area contributed by atoms with Crippen LogP contribution in [0.15, 0.2) is 54.7 Å². The van der Waals surface area contributed by atoms with E-state index in [1.165, 1.54) is 36.5 Å². The Morgan fingerprint density at radius 2 is 1.50 bits per heavy atom. The molecule has 9 heteroatoms. The summed E-state index contributed by atoms with van der Waals surface area (Å²) in [6.07, 6.45) is -6.24. The van der Waals surface area contributed by atoms with Crippen molar-refractivity contribution in [2.75, 3.05) is 6.54 Å². The normalized spacial score (nSPS) is 12.2. The van der Waals surface area contributed by atoms with Gasteiger partial charge >= 0.3 is 18.4 Å². The van der Waals surface area contributed by atoms with E-state index in [2.05, 4.69) is 10.6 Å². The highest BCUT2D eigenvalue weighted by Crippen LogP contribution is 2.30. The highest BCUT2D eigenvalue weighted by atomic mass is 19.4. The van der Waals surface area contributed by atoms with E-state index in [1.807, 2.05) is 0 Å². The van der Waals surface area contributed by atoms with Gasteiger partial charge in [0.05, 0.1) is 11.1 Å². The molecule has 2 N–H and O–H groups in total. The van der Waals surface area contributed by atoms with Crippen molar-refractivity contribution in [1.82, 2.24) is 10.6 Å². The van der Waals surface area contributed by atoms with Crippen LogP contribution < -0.4 is 10.6 Å². The molecule has 0 aliphatic rings. The van der Waals surface area contributed by atoms with E-state index in [4.69, 9.17) is 0 Å². The maximum atomic E-state index is 12.6. The van der Waals surface area contributed by atoms with Crippen molar-refractivity contribution in [2.24, 2.45) is 0 Å². The monoisotopic (exact) mass is 402 g/mol. The summed E-state index contributed by atoms with van der Waals surface area (Å²) >= 11 is 0. The molecular weight excluding hydrogens is 386 g/mol. The first kappa shape index (κ1) is 21.3. The van der Waals surface area contributed by atoms with E-state index in [-0.39, 0.29) is 18.5 Å². The highest BCUT2D eigenvalue weighted by Gasteiger charge is 2.30. The fourth-order valence-corrected chi connectivity index (χ4v) is 2.31. The Morgan fingerprint density at radius 3 is 2.14 bits per heavy atom. The molecule has 0 saturated heterocycles. The highest BCUT2D eigenvalue weighted by molar-refractivity contribution is 5.75. The van der Waals surface area contributed by atoms with Gasteiger partial charge in [-0.05, 0) is 41.8 Å². The van der Waals surface area contributed by atoms with Gasteiger partial charge in [0.2, 0.25) is 0 Å². The second-order valence-corrected chi connectivity index (χ2v) is 5.80. The van der Waals surface area contributed by atoms with Crippen molar-refractivity contribution in [3.63, 3.8) is 0 Å². The van der Waals surface area contributed by atoms with Crippen LogP contribution in [0.5, 0.6) is 0 Å². The van der Waals surface area contributed by atoms with Crippen LogP contribution in [0.2, 0.25) is 0 Å². The summed E-state index contributed by atoms with van der Waals surface area (Å²) in [7, 11) is 0. The summed E-state index contributed by atoms with van der Waals surface area (Å²) in [6, 6.07) is 8.70. The zero-order valence-electron chi connectivity index (χ0n) is 14.4. The van der Waals surface area contributed by atoms with E-state index in [9.17, 15) is 31.1 Å². The summed E-state index contributed by atoms with van der Waals surface area (Å²) in [6.45, 7) is 0.0878. The first-order chi connectivity index (χ1) is 13.1. The van der Waals surface area contributed by atoms with Crippen LogP contribution in [0, 0.1) is 0 Å². The quantitative estimate of drug-likeness (QED) is 0.660. The predicted octanol–water partition coefficient (Wildman–Crippen LogP) is 5.24. The number of carbonyl (C=O) groups excluding carboxylic acids is 1. The molecule has 0 saturated carbocycles. The van der Waals surface area contributed by atoms with Gasteiger partial charge in [-0.1, -0.05) is 30.3 Å². The minimum absolute atomic E-state index is 0.0878. The van der Waals surface area contributed by atoms with Crippen LogP contribution in [0.3, 0.4) is 0 Å². The smallest absolute Gasteiger partial charge is 0.338 e. The third-order valence-electron chi connectivity index (χ3n) is 3.66. The van der Waals surface area contributed by atoms with Crippen molar-refractivity contribution >= 4 is 12.1 Å². The van der Waals surface area contributed by atoms with E-state index >= 15 is 0 Å². The molecule has 0 spiro atoms. The molecule has 0 aliphatic heterocycles. The molecule has 2 rings (SSSR count). The third kappa shape index (κ3) is 6.64. The van der Waals surface area contributed by atoms with E-state index in [0.29, 0.717) is 5.56 Å². The van der Waals surface area contributed by atoms with Gasteiger partial charge in [-0.15, -0.1) is 0 Å². The number of halogens is 6. The van der Waals surface area contributed by atoms with Gasteiger partial charge in [-0.3, -0.25) is 0 Å². The molecule has 0 fully saturated rings. The summed E-state index contributed by atoms with van der Waals surface area (Å²) in [4.78, 5) is 11.6. The van der Waals surface area contributed by atoms with Gasteiger partial charge in [0.15, 0.2) is 0 Å². The molecule has 3 nitrogen and oxygen atoms in total. The molecule has 0 aliphatic carbocycles.